The lowest BCUT2D eigenvalue weighted by atomic mass is 10.1. The molecule has 0 saturated carbocycles. The van der Waals surface area contributed by atoms with E-state index in [1.807, 2.05) is 32.0 Å². The van der Waals surface area contributed by atoms with Crippen LogP contribution < -0.4 is 15.4 Å². The molecule has 2 aromatic rings. The number of carbonyl (C=O) groups excluding carboxylic acids is 1. The lowest BCUT2D eigenvalue weighted by Crippen LogP contribution is -2.20. The minimum absolute atomic E-state index is 0.355. The van der Waals surface area contributed by atoms with E-state index in [-0.39, 0.29) is 6.03 Å². The molecule has 2 aromatic carbocycles. The Bertz CT molecular complexity index is 795. The van der Waals surface area contributed by atoms with E-state index in [4.69, 9.17) is 0 Å². The predicted octanol–water partition coefficient (Wildman–Crippen LogP) is 3.32. The van der Waals surface area contributed by atoms with Gasteiger partial charge in [0, 0.05) is 17.1 Å². The average molecular weight is 333 g/mol. The minimum atomic E-state index is -3.31. The number of carbonyl (C=O) groups is 1. The van der Waals surface area contributed by atoms with Crippen molar-refractivity contribution in [2.45, 2.75) is 13.8 Å². The zero-order valence-corrected chi connectivity index (χ0v) is 14.0. The van der Waals surface area contributed by atoms with Gasteiger partial charge in [-0.1, -0.05) is 18.2 Å². The highest BCUT2D eigenvalue weighted by atomic mass is 32.2. The first kappa shape index (κ1) is 16.8. The van der Waals surface area contributed by atoms with Gasteiger partial charge in [-0.15, -0.1) is 0 Å². The second kappa shape index (κ2) is 6.70. The highest BCUT2D eigenvalue weighted by Gasteiger charge is 2.08. The highest BCUT2D eigenvalue weighted by molar-refractivity contribution is 7.92. The number of rotatable bonds is 4. The maximum absolute atomic E-state index is 12.1. The van der Waals surface area contributed by atoms with Gasteiger partial charge < -0.3 is 10.6 Å². The summed E-state index contributed by atoms with van der Waals surface area (Å²) >= 11 is 0. The monoisotopic (exact) mass is 333 g/mol. The summed E-state index contributed by atoms with van der Waals surface area (Å²) in [5, 5.41) is 5.53. The second-order valence-electron chi connectivity index (χ2n) is 5.30. The summed E-state index contributed by atoms with van der Waals surface area (Å²) in [7, 11) is -3.31. The van der Waals surface area contributed by atoms with E-state index in [2.05, 4.69) is 15.4 Å². The molecule has 0 aromatic heterocycles. The summed E-state index contributed by atoms with van der Waals surface area (Å²) < 4.78 is 24.6. The molecule has 0 aliphatic carbocycles. The Morgan fingerprint density at radius 1 is 0.870 bits per heavy atom. The molecule has 0 fully saturated rings. The summed E-state index contributed by atoms with van der Waals surface area (Å²) in [5.41, 5.74) is 3.74. The third-order valence-corrected chi connectivity index (χ3v) is 3.77. The van der Waals surface area contributed by atoms with Crippen LogP contribution in [-0.4, -0.2) is 20.7 Å². The molecule has 2 rings (SSSR count). The lowest BCUT2D eigenvalue weighted by Gasteiger charge is -2.12. The number of nitrogens with one attached hydrogen (secondary N) is 3. The van der Waals surface area contributed by atoms with E-state index in [1.54, 1.807) is 24.3 Å². The Morgan fingerprint density at radius 3 is 1.91 bits per heavy atom. The summed E-state index contributed by atoms with van der Waals surface area (Å²) in [6.07, 6.45) is 1.08. The number of aryl methyl sites for hydroxylation is 2. The van der Waals surface area contributed by atoms with Crippen LogP contribution in [-0.2, 0) is 10.0 Å². The molecule has 122 valence electrons. The molecule has 0 aliphatic heterocycles. The summed E-state index contributed by atoms with van der Waals surface area (Å²) in [4.78, 5) is 12.1. The number of benzene rings is 2. The Morgan fingerprint density at radius 2 is 1.39 bits per heavy atom. The van der Waals surface area contributed by atoms with Crippen molar-refractivity contribution in [3.05, 3.63) is 53.6 Å². The van der Waals surface area contributed by atoms with Crippen LogP contribution in [0, 0.1) is 13.8 Å². The van der Waals surface area contributed by atoms with Crippen molar-refractivity contribution >= 4 is 33.1 Å². The van der Waals surface area contributed by atoms with E-state index in [1.165, 1.54) is 0 Å². The molecule has 3 N–H and O–H groups in total. The lowest BCUT2D eigenvalue weighted by molar-refractivity contribution is 0.262. The van der Waals surface area contributed by atoms with E-state index in [0.717, 1.165) is 23.1 Å². The summed E-state index contributed by atoms with van der Waals surface area (Å²) in [5.74, 6) is 0. The van der Waals surface area contributed by atoms with Crippen LogP contribution in [0.2, 0.25) is 0 Å². The quantitative estimate of drug-likeness (QED) is 0.802. The first-order valence-corrected chi connectivity index (χ1v) is 8.86. The van der Waals surface area contributed by atoms with Crippen LogP contribution in [0.5, 0.6) is 0 Å². The van der Waals surface area contributed by atoms with Crippen molar-refractivity contribution in [3.8, 4) is 0 Å². The maximum atomic E-state index is 12.1. The molecular formula is C16H19N3O3S. The van der Waals surface area contributed by atoms with Gasteiger partial charge in [-0.3, -0.25) is 4.72 Å². The van der Waals surface area contributed by atoms with Gasteiger partial charge in [0.1, 0.15) is 0 Å². The van der Waals surface area contributed by atoms with Crippen LogP contribution in [0.15, 0.2) is 42.5 Å². The van der Waals surface area contributed by atoms with E-state index in [0.29, 0.717) is 11.4 Å². The second-order valence-corrected chi connectivity index (χ2v) is 7.05. The molecule has 0 atom stereocenters. The molecule has 0 aliphatic rings. The number of para-hydroxylation sites is 1. The number of amides is 2. The maximum Gasteiger partial charge on any atom is 0.323 e. The molecule has 0 spiro atoms. The first-order chi connectivity index (χ1) is 10.7. The number of sulfonamides is 1. The largest absolute Gasteiger partial charge is 0.323 e. The first-order valence-electron chi connectivity index (χ1n) is 6.97. The third kappa shape index (κ3) is 5.00. The van der Waals surface area contributed by atoms with Crippen LogP contribution in [0.1, 0.15) is 11.1 Å². The van der Waals surface area contributed by atoms with Crippen molar-refractivity contribution in [2.75, 3.05) is 21.6 Å². The fourth-order valence-electron chi connectivity index (χ4n) is 2.12. The van der Waals surface area contributed by atoms with Crippen molar-refractivity contribution < 1.29 is 13.2 Å². The van der Waals surface area contributed by atoms with Crippen LogP contribution in [0.4, 0.5) is 21.9 Å². The molecule has 6 nitrogen and oxygen atoms in total. The number of hydrogen-bond acceptors (Lipinski definition) is 3. The average Bonchev–Trinajstić information content (AvgIpc) is 2.44. The summed E-state index contributed by atoms with van der Waals surface area (Å²) in [6, 6.07) is 11.8. The Labute approximate surface area is 136 Å². The molecule has 7 heteroatoms. The normalized spacial score (nSPS) is 10.9. The fraction of sp³-hybridized carbons (Fsp3) is 0.188. The van der Waals surface area contributed by atoms with E-state index >= 15 is 0 Å². The molecule has 0 heterocycles. The predicted molar refractivity (Wildman–Crippen MR) is 93.5 cm³/mol. The number of urea groups is 1. The van der Waals surface area contributed by atoms with Gasteiger partial charge in [0.05, 0.1) is 6.26 Å². The van der Waals surface area contributed by atoms with Gasteiger partial charge in [-0.25, -0.2) is 13.2 Å². The van der Waals surface area contributed by atoms with Gasteiger partial charge in [-0.2, -0.15) is 0 Å². The van der Waals surface area contributed by atoms with Crippen molar-refractivity contribution in [3.63, 3.8) is 0 Å². The van der Waals surface area contributed by atoms with Gasteiger partial charge >= 0.3 is 6.03 Å². The third-order valence-electron chi connectivity index (χ3n) is 3.17. The van der Waals surface area contributed by atoms with Gasteiger partial charge in [0.15, 0.2) is 0 Å². The topological polar surface area (TPSA) is 87.3 Å². The summed E-state index contributed by atoms with van der Waals surface area (Å²) in [6.45, 7) is 3.85. The molecule has 2 amide bonds. The van der Waals surface area contributed by atoms with Gasteiger partial charge in [0.25, 0.3) is 0 Å². The fourth-order valence-corrected chi connectivity index (χ4v) is 2.69. The molecule has 0 bridgehead atoms. The standard InChI is InChI=1S/C16H19N3O3S/c1-11-5-4-6-12(2)15(11)18-16(20)17-13-7-9-14(10-8-13)19-23(3,21)22/h4-10,19H,1-3H3,(H2,17,18,20). The van der Waals surface area contributed by atoms with Crippen molar-refractivity contribution in [2.24, 2.45) is 0 Å². The smallest absolute Gasteiger partial charge is 0.308 e. The van der Waals surface area contributed by atoms with Crippen LogP contribution in [0.25, 0.3) is 0 Å². The minimum Gasteiger partial charge on any atom is -0.308 e. The Hall–Kier alpha value is -2.54. The number of hydrogen-bond donors (Lipinski definition) is 3. The number of anilines is 3. The Kier molecular flexibility index (Phi) is 4.90. The van der Waals surface area contributed by atoms with Crippen molar-refractivity contribution in [1.82, 2.24) is 0 Å². The molecule has 0 radical (unpaired) electrons. The highest BCUT2D eigenvalue weighted by Crippen LogP contribution is 2.20. The molecule has 0 saturated heterocycles. The van der Waals surface area contributed by atoms with Gasteiger partial charge in [0.2, 0.25) is 10.0 Å². The van der Waals surface area contributed by atoms with E-state index in [9.17, 15) is 13.2 Å². The zero-order valence-electron chi connectivity index (χ0n) is 13.2. The Balaban J connectivity index is 2.03. The molecular weight excluding hydrogens is 314 g/mol. The van der Waals surface area contributed by atoms with Crippen LogP contribution in [0.3, 0.4) is 0 Å². The van der Waals surface area contributed by atoms with Gasteiger partial charge in [-0.05, 0) is 49.2 Å². The van der Waals surface area contributed by atoms with E-state index < -0.39 is 10.0 Å². The zero-order chi connectivity index (χ0) is 17.0. The van der Waals surface area contributed by atoms with Crippen molar-refractivity contribution in [1.29, 1.82) is 0 Å². The SMILES string of the molecule is Cc1cccc(C)c1NC(=O)Nc1ccc(NS(C)(=O)=O)cc1. The molecule has 23 heavy (non-hydrogen) atoms. The molecule has 0 unspecified atom stereocenters. The van der Waals surface area contributed by atoms with Crippen LogP contribution >= 0.6 is 0 Å².